The van der Waals surface area contributed by atoms with Gasteiger partial charge in [0.1, 0.15) is 6.26 Å². The molecule has 15 heavy (non-hydrogen) atoms. The quantitative estimate of drug-likeness (QED) is 0.764. The number of carbonyl (C=O) groups excluding carboxylic acids is 1. The fraction of sp³-hybridized carbons (Fsp3) is 0.0909. The molecule has 2 aromatic rings. The average molecular weight is 200 g/mol. The lowest BCUT2D eigenvalue weighted by Crippen LogP contribution is -2.03. The number of nitrogens with one attached hydrogen (secondary N) is 1. The molecule has 1 aliphatic rings. The van der Waals surface area contributed by atoms with Crippen molar-refractivity contribution in [2.24, 2.45) is 0 Å². The Morgan fingerprint density at radius 3 is 3.13 bits per heavy atom. The summed E-state index contributed by atoms with van der Waals surface area (Å²) in [5.74, 6) is 0.605. The number of hydrogen-bond acceptors (Lipinski definition) is 3. The molecule has 0 radical (unpaired) electrons. The topological polar surface area (TPSA) is 55.1 Å². The van der Waals surface area contributed by atoms with Gasteiger partial charge in [0.25, 0.3) is 0 Å². The number of aromatic nitrogens is 1. The first kappa shape index (κ1) is 8.23. The van der Waals surface area contributed by atoms with Crippen molar-refractivity contribution in [3.05, 3.63) is 36.2 Å². The van der Waals surface area contributed by atoms with Gasteiger partial charge in [0.15, 0.2) is 0 Å². The zero-order valence-electron chi connectivity index (χ0n) is 7.86. The van der Waals surface area contributed by atoms with Gasteiger partial charge in [0, 0.05) is 11.3 Å². The summed E-state index contributed by atoms with van der Waals surface area (Å²) >= 11 is 0. The average Bonchev–Trinajstić information content (AvgIpc) is 2.82. The van der Waals surface area contributed by atoms with Crippen LogP contribution in [0, 0.1) is 0 Å². The maximum atomic E-state index is 11.1. The minimum Gasteiger partial charge on any atom is -0.445 e. The summed E-state index contributed by atoms with van der Waals surface area (Å²) in [6, 6.07) is 5.71. The van der Waals surface area contributed by atoms with Gasteiger partial charge in [-0.25, -0.2) is 4.98 Å². The lowest BCUT2D eigenvalue weighted by molar-refractivity contribution is -0.115. The van der Waals surface area contributed by atoms with E-state index in [1.807, 2.05) is 18.2 Å². The molecule has 0 spiro atoms. The molecule has 74 valence electrons. The molecule has 4 nitrogen and oxygen atoms in total. The molecule has 1 aliphatic heterocycles. The Labute approximate surface area is 85.9 Å². The monoisotopic (exact) mass is 200 g/mol. The second kappa shape index (κ2) is 2.95. The van der Waals surface area contributed by atoms with Crippen molar-refractivity contribution in [3.8, 4) is 11.5 Å². The van der Waals surface area contributed by atoms with Crippen LogP contribution in [0.15, 0.2) is 35.1 Å². The Balaban J connectivity index is 2.07. The van der Waals surface area contributed by atoms with Crippen LogP contribution in [0.4, 0.5) is 5.69 Å². The van der Waals surface area contributed by atoms with E-state index in [-0.39, 0.29) is 5.91 Å². The number of oxazole rings is 1. The Kier molecular flexibility index (Phi) is 1.62. The Morgan fingerprint density at radius 1 is 1.40 bits per heavy atom. The van der Waals surface area contributed by atoms with Gasteiger partial charge in [-0.15, -0.1) is 0 Å². The standard InChI is InChI=1S/C11H8N2O2/c14-10-6-7-1-2-8(5-9(7)13-10)11-12-3-4-15-11/h1-5H,6H2,(H,13,14). The summed E-state index contributed by atoms with van der Waals surface area (Å²) in [6.45, 7) is 0. The molecule has 3 rings (SSSR count). The Bertz CT molecular complexity index is 517. The van der Waals surface area contributed by atoms with Gasteiger partial charge in [-0.1, -0.05) is 6.07 Å². The van der Waals surface area contributed by atoms with Crippen LogP contribution in [0.25, 0.3) is 11.5 Å². The fourth-order valence-corrected chi connectivity index (χ4v) is 1.71. The zero-order valence-corrected chi connectivity index (χ0v) is 7.86. The van der Waals surface area contributed by atoms with Crippen LogP contribution in [-0.2, 0) is 11.2 Å². The van der Waals surface area contributed by atoms with Crippen molar-refractivity contribution >= 4 is 11.6 Å². The summed E-state index contributed by atoms with van der Waals surface area (Å²) < 4.78 is 5.18. The van der Waals surface area contributed by atoms with Crippen LogP contribution < -0.4 is 5.32 Å². The second-order valence-electron chi connectivity index (χ2n) is 3.43. The highest BCUT2D eigenvalue weighted by molar-refractivity contribution is 5.99. The molecule has 1 amide bonds. The maximum absolute atomic E-state index is 11.1. The largest absolute Gasteiger partial charge is 0.445 e. The van der Waals surface area contributed by atoms with Gasteiger partial charge in [0.05, 0.1) is 12.6 Å². The van der Waals surface area contributed by atoms with Gasteiger partial charge in [0.2, 0.25) is 11.8 Å². The molecular formula is C11H8N2O2. The van der Waals surface area contributed by atoms with Crippen LogP contribution in [0.5, 0.6) is 0 Å². The van der Waals surface area contributed by atoms with E-state index in [0.717, 1.165) is 16.8 Å². The SMILES string of the molecule is O=C1Cc2ccc(-c3ncco3)cc2N1. The zero-order chi connectivity index (χ0) is 10.3. The van der Waals surface area contributed by atoms with Crippen LogP contribution in [-0.4, -0.2) is 10.9 Å². The van der Waals surface area contributed by atoms with Gasteiger partial charge in [-0.05, 0) is 17.7 Å². The highest BCUT2D eigenvalue weighted by atomic mass is 16.3. The van der Waals surface area contributed by atoms with Gasteiger partial charge in [-0.2, -0.15) is 0 Å². The number of carbonyl (C=O) groups is 1. The van der Waals surface area contributed by atoms with E-state index in [9.17, 15) is 4.79 Å². The summed E-state index contributed by atoms with van der Waals surface area (Å²) in [7, 11) is 0. The maximum Gasteiger partial charge on any atom is 0.228 e. The molecule has 0 unspecified atom stereocenters. The number of benzene rings is 1. The lowest BCUT2D eigenvalue weighted by atomic mass is 10.1. The lowest BCUT2D eigenvalue weighted by Gasteiger charge is -2.00. The third-order valence-electron chi connectivity index (χ3n) is 2.41. The number of rotatable bonds is 1. The molecule has 0 bridgehead atoms. The smallest absolute Gasteiger partial charge is 0.228 e. The number of anilines is 1. The number of amides is 1. The highest BCUT2D eigenvalue weighted by Crippen LogP contribution is 2.28. The van der Waals surface area contributed by atoms with Crippen molar-refractivity contribution in [1.82, 2.24) is 4.98 Å². The van der Waals surface area contributed by atoms with E-state index >= 15 is 0 Å². The molecule has 2 heterocycles. The minimum atomic E-state index is 0.0366. The Hall–Kier alpha value is -2.10. The van der Waals surface area contributed by atoms with E-state index in [0.29, 0.717) is 12.3 Å². The van der Waals surface area contributed by atoms with Gasteiger partial charge < -0.3 is 9.73 Å². The van der Waals surface area contributed by atoms with Crippen LogP contribution >= 0.6 is 0 Å². The third kappa shape index (κ3) is 1.30. The van der Waals surface area contributed by atoms with Crippen molar-refractivity contribution in [2.75, 3.05) is 5.32 Å². The number of nitrogens with zero attached hydrogens (tertiary/aromatic N) is 1. The van der Waals surface area contributed by atoms with E-state index in [2.05, 4.69) is 10.3 Å². The van der Waals surface area contributed by atoms with Crippen molar-refractivity contribution in [3.63, 3.8) is 0 Å². The van der Waals surface area contributed by atoms with Crippen LogP contribution in [0.3, 0.4) is 0 Å². The van der Waals surface area contributed by atoms with Gasteiger partial charge >= 0.3 is 0 Å². The van der Waals surface area contributed by atoms with Crippen LogP contribution in [0.2, 0.25) is 0 Å². The van der Waals surface area contributed by atoms with Gasteiger partial charge in [-0.3, -0.25) is 4.79 Å². The van der Waals surface area contributed by atoms with E-state index in [1.54, 1.807) is 6.20 Å². The number of hydrogen-bond donors (Lipinski definition) is 1. The van der Waals surface area contributed by atoms with Crippen molar-refractivity contribution < 1.29 is 9.21 Å². The molecule has 1 aromatic heterocycles. The van der Waals surface area contributed by atoms with Crippen LogP contribution in [0.1, 0.15) is 5.56 Å². The third-order valence-corrected chi connectivity index (χ3v) is 2.41. The van der Waals surface area contributed by atoms with Crippen molar-refractivity contribution in [2.45, 2.75) is 6.42 Å². The Morgan fingerprint density at radius 2 is 2.33 bits per heavy atom. The first-order valence-corrected chi connectivity index (χ1v) is 4.65. The van der Waals surface area contributed by atoms with Crippen molar-refractivity contribution in [1.29, 1.82) is 0 Å². The summed E-state index contributed by atoms with van der Waals surface area (Å²) in [5, 5.41) is 2.79. The first-order chi connectivity index (χ1) is 7.33. The molecule has 0 fully saturated rings. The number of fused-ring (bicyclic) bond motifs is 1. The molecule has 0 saturated heterocycles. The minimum absolute atomic E-state index is 0.0366. The summed E-state index contributed by atoms with van der Waals surface area (Å²) in [6.07, 6.45) is 3.59. The molecule has 1 aromatic carbocycles. The predicted molar refractivity (Wildman–Crippen MR) is 54.3 cm³/mol. The highest BCUT2D eigenvalue weighted by Gasteiger charge is 2.18. The summed E-state index contributed by atoms with van der Waals surface area (Å²) in [5.41, 5.74) is 2.76. The molecular weight excluding hydrogens is 192 g/mol. The molecule has 4 heteroatoms. The van der Waals surface area contributed by atoms with E-state index in [1.165, 1.54) is 6.26 Å². The molecule has 0 aliphatic carbocycles. The first-order valence-electron chi connectivity index (χ1n) is 4.65. The molecule has 1 N–H and O–H groups in total. The van der Waals surface area contributed by atoms with E-state index in [4.69, 9.17) is 4.42 Å². The fourth-order valence-electron chi connectivity index (χ4n) is 1.71. The normalized spacial score (nSPS) is 13.7. The molecule has 0 atom stereocenters. The summed E-state index contributed by atoms with van der Waals surface area (Å²) in [4.78, 5) is 15.2. The predicted octanol–water partition coefficient (Wildman–Crippen LogP) is 1.84. The molecule has 0 saturated carbocycles. The second-order valence-corrected chi connectivity index (χ2v) is 3.43. The van der Waals surface area contributed by atoms with E-state index < -0.39 is 0 Å².